The lowest BCUT2D eigenvalue weighted by Gasteiger charge is -2.06. The van der Waals surface area contributed by atoms with E-state index in [1.807, 2.05) is 16.7 Å². The molecule has 0 saturated heterocycles. The van der Waals surface area contributed by atoms with Crippen LogP contribution in [0.25, 0.3) is 11.0 Å². The van der Waals surface area contributed by atoms with Gasteiger partial charge in [-0.25, -0.2) is 9.37 Å². The van der Waals surface area contributed by atoms with Gasteiger partial charge in [-0.2, -0.15) is 10.2 Å². The van der Waals surface area contributed by atoms with Crippen LogP contribution in [0.5, 0.6) is 0 Å². The second kappa shape index (κ2) is 4.93. The number of alkyl halides is 1. The summed E-state index contributed by atoms with van der Waals surface area (Å²) in [6, 6.07) is 8.15. The lowest BCUT2D eigenvalue weighted by atomic mass is 10.3. The Morgan fingerprint density at radius 3 is 2.89 bits per heavy atom. The van der Waals surface area contributed by atoms with Crippen molar-refractivity contribution in [3.05, 3.63) is 53.9 Å². The van der Waals surface area contributed by atoms with Crippen molar-refractivity contribution in [2.24, 2.45) is 0 Å². The summed E-state index contributed by atoms with van der Waals surface area (Å²) in [5.41, 5.74) is 2.21. The van der Waals surface area contributed by atoms with Crippen LogP contribution < -0.4 is 0 Å². The van der Waals surface area contributed by atoms with E-state index < -0.39 is 0 Å². The van der Waals surface area contributed by atoms with Crippen LogP contribution in [0.4, 0.5) is 4.39 Å². The molecule has 1 aromatic carbocycles. The van der Waals surface area contributed by atoms with Gasteiger partial charge in [0, 0.05) is 6.20 Å². The molecule has 0 spiro atoms. The van der Waals surface area contributed by atoms with Crippen LogP contribution >= 0.6 is 11.6 Å². The fourth-order valence-electron chi connectivity index (χ4n) is 2.00. The third-order valence-corrected chi connectivity index (χ3v) is 3.10. The molecule has 6 heteroatoms. The smallest absolute Gasteiger partial charge is 0.125 e. The van der Waals surface area contributed by atoms with Crippen molar-refractivity contribution in [2.45, 2.75) is 12.4 Å². The molecule has 3 rings (SSSR count). The van der Waals surface area contributed by atoms with E-state index in [-0.39, 0.29) is 11.7 Å². The molecular weight excluding hydrogens is 267 g/mol. The number of hydrogen-bond donors (Lipinski definition) is 0. The minimum absolute atomic E-state index is 0.260. The molecule has 0 saturated carbocycles. The first-order chi connectivity index (χ1) is 9.28. The van der Waals surface area contributed by atoms with E-state index in [0.29, 0.717) is 17.9 Å². The molecule has 0 aliphatic rings. The van der Waals surface area contributed by atoms with Crippen molar-refractivity contribution in [1.29, 1.82) is 0 Å². The highest BCUT2D eigenvalue weighted by atomic mass is 35.5. The van der Waals surface area contributed by atoms with Crippen LogP contribution in [-0.4, -0.2) is 19.7 Å². The highest BCUT2D eigenvalue weighted by Gasteiger charge is 2.11. The van der Waals surface area contributed by atoms with Gasteiger partial charge in [0.25, 0.3) is 0 Å². The van der Waals surface area contributed by atoms with Gasteiger partial charge in [-0.15, -0.1) is 11.6 Å². The fraction of sp³-hybridized carbons (Fsp3) is 0.154. The number of benzene rings is 1. The van der Waals surface area contributed by atoms with Crippen LogP contribution in [0.2, 0.25) is 0 Å². The SMILES string of the molecule is Fc1ccc2nc(CCl)n(Cc3cccnn3)c2c1. The predicted octanol–water partition coefficient (Wildman–Crippen LogP) is 2.75. The highest BCUT2D eigenvalue weighted by molar-refractivity contribution is 6.16. The lowest BCUT2D eigenvalue weighted by molar-refractivity contribution is 0.628. The minimum atomic E-state index is -0.297. The fourth-order valence-corrected chi connectivity index (χ4v) is 2.21. The normalized spacial score (nSPS) is 11.1. The molecule has 2 aromatic heterocycles. The van der Waals surface area contributed by atoms with Gasteiger partial charge in [0.15, 0.2) is 0 Å². The molecule has 0 fully saturated rings. The monoisotopic (exact) mass is 276 g/mol. The summed E-state index contributed by atoms with van der Waals surface area (Å²) in [6.07, 6.45) is 1.61. The second-order valence-electron chi connectivity index (χ2n) is 4.10. The number of halogens is 2. The zero-order valence-corrected chi connectivity index (χ0v) is 10.7. The molecule has 0 bridgehead atoms. The second-order valence-corrected chi connectivity index (χ2v) is 4.36. The number of rotatable bonds is 3. The van der Waals surface area contributed by atoms with E-state index in [1.54, 1.807) is 12.3 Å². The maximum absolute atomic E-state index is 13.4. The Bertz CT molecular complexity index is 711. The summed E-state index contributed by atoms with van der Waals surface area (Å²) in [6.45, 7) is 0.468. The number of nitrogens with zero attached hydrogens (tertiary/aromatic N) is 4. The zero-order chi connectivity index (χ0) is 13.2. The molecule has 0 amide bonds. The largest absolute Gasteiger partial charge is 0.321 e. The Kier molecular flexibility index (Phi) is 3.13. The Labute approximate surface area is 113 Å². The Hall–Kier alpha value is -2.01. The maximum atomic E-state index is 13.4. The van der Waals surface area contributed by atoms with Crippen LogP contribution in [0.15, 0.2) is 36.5 Å². The van der Waals surface area contributed by atoms with E-state index in [4.69, 9.17) is 11.6 Å². The quantitative estimate of drug-likeness (QED) is 0.691. The van der Waals surface area contributed by atoms with Gasteiger partial charge in [-0.3, -0.25) is 0 Å². The summed E-state index contributed by atoms with van der Waals surface area (Å²) in [7, 11) is 0. The van der Waals surface area contributed by atoms with Crippen LogP contribution in [-0.2, 0) is 12.4 Å². The molecule has 0 unspecified atom stereocenters. The van der Waals surface area contributed by atoms with Crippen molar-refractivity contribution < 1.29 is 4.39 Å². The average molecular weight is 277 g/mol. The first-order valence-electron chi connectivity index (χ1n) is 5.75. The van der Waals surface area contributed by atoms with E-state index in [2.05, 4.69) is 15.2 Å². The summed E-state index contributed by atoms with van der Waals surface area (Å²) in [4.78, 5) is 4.38. The molecule has 0 aliphatic carbocycles. The van der Waals surface area contributed by atoms with Crippen molar-refractivity contribution in [3.63, 3.8) is 0 Å². The topological polar surface area (TPSA) is 43.6 Å². The summed E-state index contributed by atoms with van der Waals surface area (Å²) < 4.78 is 15.2. The molecular formula is C13H10ClFN4. The van der Waals surface area contributed by atoms with Crippen LogP contribution in [0, 0.1) is 5.82 Å². The van der Waals surface area contributed by atoms with Gasteiger partial charge < -0.3 is 4.57 Å². The van der Waals surface area contributed by atoms with E-state index in [1.165, 1.54) is 12.1 Å². The summed E-state index contributed by atoms with van der Waals surface area (Å²) in [5, 5.41) is 7.85. The first-order valence-corrected chi connectivity index (χ1v) is 6.28. The van der Waals surface area contributed by atoms with Gasteiger partial charge in [-0.1, -0.05) is 0 Å². The van der Waals surface area contributed by atoms with Crippen molar-refractivity contribution in [2.75, 3.05) is 0 Å². The zero-order valence-electron chi connectivity index (χ0n) is 9.92. The Morgan fingerprint density at radius 2 is 2.16 bits per heavy atom. The van der Waals surface area contributed by atoms with Gasteiger partial charge in [0.1, 0.15) is 11.6 Å². The van der Waals surface area contributed by atoms with Crippen molar-refractivity contribution >= 4 is 22.6 Å². The van der Waals surface area contributed by atoms with Crippen molar-refractivity contribution in [1.82, 2.24) is 19.7 Å². The third-order valence-electron chi connectivity index (χ3n) is 2.86. The van der Waals surface area contributed by atoms with Crippen molar-refractivity contribution in [3.8, 4) is 0 Å². The summed E-state index contributed by atoms with van der Waals surface area (Å²) >= 11 is 5.90. The van der Waals surface area contributed by atoms with E-state index in [0.717, 1.165) is 11.2 Å². The molecule has 0 N–H and O–H groups in total. The highest BCUT2D eigenvalue weighted by Crippen LogP contribution is 2.19. The lowest BCUT2D eigenvalue weighted by Crippen LogP contribution is -2.06. The predicted molar refractivity (Wildman–Crippen MR) is 70.4 cm³/mol. The van der Waals surface area contributed by atoms with Gasteiger partial charge >= 0.3 is 0 Å². The number of hydrogen-bond acceptors (Lipinski definition) is 3. The molecule has 2 heterocycles. The van der Waals surface area contributed by atoms with E-state index in [9.17, 15) is 4.39 Å². The minimum Gasteiger partial charge on any atom is -0.321 e. The number of aromatic nitrogens is 4. The molecule has 0 atom stereocenters. The summed E-state index contributed by atoms with van der Waals surface area (Å²) in [5.74, 6) is 0.651. The molecule has 0 aliphatic heterocycles. The van der Waals surface area contributed by atoms with Crippen LogP contribution in [0.1, 0.15) is 11.5 Å². The molecule has 96 valence electrons. The molecule has 19 heavy (non-hydrogen) atoms. The first kappa shape index (κ1) is 12.0. The molecule has 3 aromatic rings. The number of imidazole rings is 1. The van der Waals surface area contributed by atoms with E-state index >= 15 is 0 Å². The third kappa shape index (κ3) is 2.29. The molecule has 4 nitrogen and oxygen atoms in total. The van der Waals surface area contributed by atoms with Gasteiger partial charge in [0.2, 0.25) is 0 Å². The Balaban J connectivity index is 2.12. The van der Waals surface area contributed by atoms with Crippen LogP contribution in [0.3, 0.4) is 0 Å². The van der Waals surface area contributed by atoms with Gasteiger partial charge in [0.05, 0.1) is 29.2 Å². The average Bonchev–Trinajstić information content (AvgIpc) is 2.78. The molecule has 0 radical (unpaired) electrons. The standard InChI is InChI=1S/C13H10ClFN4/c14-7-13-17-11-4-3-9(15)6-12(11)19(13)8-10-2-1-5-16-18-10/h1-6H,7-8H2. The maximum Gasteiger partial charge on any atom is 0.125 e. The Morgan fingerprint density at radius 1 is 1.26 bits per heavy atom. The van der Waals surface area contributed by atoms with Gasteiger partial charge in [-0.05, 0) is 30.3 Å². The number of fused-ring (bicyclic) bond motifs is 1.